The van der Waals surface area contributed by atoms with Gasteiger partial charge in [-0.3, -0.25) is 9.59 Å². The number of nitrogens with one attached hydrogen (secondary N) is 2. The first-order chi connectivity index (χ1) is 10.2. The molecule has 3 rings (SSSR count). The Hall–Kier alpha value is -2.63. The molecule has 0 spiro atoms. The smallest absolute Gasteiger partial charge is 0.271 e. The van der Waals surface area contributed by atoms with Gasteiger partial charge in [0.1, 0.15) is 11.4 Å². The standard InChI is InChI=1S/C15H15N3O3/c19-14-8-16-12(7-17-14)15(20)18-6-10-5-11-3-1-2-4-13(11)21-9-10/h1-4,7-8,10H,5-6,9H2,(H,17,19)(H,18,20)/t10-/m1/s1. The van der Waals surface area contributed by atoms with E-state index in [4.69, 9.17) is 4.74 Å². The Balaban J connectivity index is 1.58. The molecule has 6 nitrogen and oxygen atoms in total. The molecule has 0 saturated heterocycles. The number of benzene rings is 1. The van der Waals surface area contributed by atoms with E-state index in [9.17, 15) is 9.59 Å². The molecule has 6 heteroatoms. The number of para-hydroxylation sites is 1. The van der Waals surface area contributed by atoms with Crippen LogP contribution >= 0.6 is 0 Å². The van der Waals surface area contributed by atoms with Crippen LogP contribution in [0.1, 0.15) is 16.1 Å². The number of carbonyl (C=O) groups excluding carboxylic acids is 1. The zero-order valence-corrected chi connectivity index (χ0v) is 11.3. The van der Waals surface area contributed by atoms with Crippen molar-refractivity contribution in [3.05, 3.63) is 58.3 Å². The second-order valence-corrected chi connectivity index (χ2v) is 5.00. The van der Waals surface area contributed by atoms with Crippen molar-refractivity contribution in [2.45, 2.75) is 6.42 Å². The van der Waals surface area contributed by atoms with Crippen LogP contribution in [0.4, 0.5) is 0 Å². The van der Waals surface area contributed by atoms with Crippen LogP contribution in [0.15, 0.2) is 41.5 Å². The number of nitrogens with zero attached hydrogens (tertiary/aromatic N) is 1. The van der Waals surface area contributed by atoms with Gasteiger partial charge in [0.2, 0.25) is 0 Å². The van der Waals surface area contributed by atoms with Gasteiger partial charge in [-0.1, -0.05) is 18.2 Å². The highest BCUT2D eigenvalue weighted by Gasteiger charge is 2.20. The van der Waals surface area contributed by atoms with E-state index in [0.29, 0.717) is 13.2 Å². The fourth-order valence-corrected chi connectivity index (χ4v) is 2.32. The number of hydrogen-bond donors (Lipinski definition) is 2. The number of aromatic amines is 1. The number of amides is 1. The quantitative estimate of drug-likeness (QED) is 0.871. The molecule has 1 atom stereocenters. The highest BCUT2D eigenvalue weighted by Crippen LogP contribution is 2.26. The van der Waals surface area contributed by atoms with Gasteiger partial charge in [-0.15, -0.1) is 0 Å². The summed E-state index contributed by atoms with van der Waals surface area (Å²) in [5.74, 6) is 0.846. The Morgan fingerprint density at radius 2 is 2.29 bits per heavy atom. The number of H-pyrrole nitrogens is 1. The minimum atomic E-state index is -0.330. The van der Waals surface area contributed by atoms with Crippen molar-refractivity contribution < 1.29 is 9.53 Å². The number of aromatic nitrogens is 2. The predicted octanol–water partition coefficient (Wildman–Crippen LogP) is 0.751. The van der Waals surface area contributed by atoms with Crippen LogP contribution in [0, 0.1) is 5.92 Å². The Kier molecular flexibility index (Phi) is 3.68. The second-order valence-electron chi connectivity index (χ2n) is 5.00. The van der Waals surface area contributed by atoms with Gasteiger partial charge in [-0.25, -0.2) is 4.98 Å². The van der Waals surface area contributed by atoms with Gasteiger partial charge < -0.3 is 15.0 Å². The topological polar surface area (TPSA) is 84.1 Å². The summed E-state index contributed by atoms with van der Waals surface area (Å²) < 4.78 is 5.68. The van der Waals surface area contributed by atoms with Gasteiger partial charge in [-0.05, 0) is 18.1 Å². The van der Waals surface area contributed by atoms with Crippen molar-refractivity contribution in [2.75, 3.05) is 13.2 Å². The molecule has 0 unspecified atom stereocenters. The van der Waals surface area contributed by atoms with Crippen molar-refractivity contribution in [1.82, 2.24) is 15.3 Å². The summed E-state index contributed by atoms with van der Waals surface area (Å²) >= 11 is 0. The molecular formula is C15H15N3O3. The number of fused-ring (bicyclic) bond motifs is 1. The molecule has 0 bridgehead atoms. The highest BCUT2D eigenvalue weighted by atomic mass is 16.5. The van der Waals surface area contributed by atoms with E-state index in [0.717, 1.165) is 23.9 Å². The van der Waals surface area contributed by atoms with Gasteiger partial charge >= 0.3 is 0 Å². The first kappa shape index (κ1) is 13.4. The maximum absolute atomic E-state index is 11.9. The molecular weight excluding hydrogens is 270 g/mol. The molecule has 108 valence electrons. The van der Waals surface area contributed by atoms with Crippen LogP contribution in [-0.4, -0.2) is 29.0 Å². The van der Waals surface area contributed by atoms with Crippen LogP contribution in [-0.2, 0) is 6.42 Å². The summed E-state index contributed by atoms with van der Waals surface area (Å²) in [4.78, 5) is 29.0. The lowest BCUT2D eigenvalue weighted by molar-refractivity contribution is 0.0933. The third kappa shape index (κ3) is 3.10. The third-order valence-electron chi connectivity index (χ3n) is 3.41. The Labute approximate surface area is 121 Å². The summed E-state index contributed by atoms with van der Waals surface area (Å²) in [7, 11) is 0. The van der Waals surface area contributed by atoms with E-state index in [2.05, 4.69) is 15.3 Å². The van der Waals surface area contributed by atoms with Crippen molar-refractivity contribution in [2.24, 2.45) is 5.92 Å². The van der Waals surface area contributed by atoms with Gasteiger partial charge in [0.25, 0.3) is 11.5 Å². The lowest BCUT2D eigenvalue weighted by atomic mass is 9.97. The molecule has 2 heterocycles. The van der Waals surface area contributed by atoms with Crippen LogP contribution < -0.4 is 15.6 Å². The monoisotopic (exact) mass is 285 g/mol. The zero-order valence-electron chi connectivity index (χ0n) is 11.3. The zero-order chi connectivity index (χ0) is 14.7. The highest BCUT2D eigenvalue weighted by molar-refractivity contribution is 5.91. The molecule has 2 N–H and O–H groups in total. The fourth-order valence-electron chi connectivity index (χ4n) is 2.32. The van der Waals surface area contributed by atoms with E-state index >= 15 is 0 Å². The maximum atomic E-state index is 11.9. The van der Waals surface area contributed by atoms with E-state index in [1.54, 1.807) is 0 Å². The van der Waals surface area contributed by atoms with Crippen molar-refractivity contribution >= 4 is 5.91 Å². The average molecular weight is 285 g/mol. The molecule has 0 saturated carbocycles. The van der Waals surface area contributed by atoms with E-state index in [1.165, 1.54) is 6.20 Å². The molecule has 0 fully saturated rings. The number of rotatable bonds is 3. The summed E-state index contributed by atoms with van der Waals surface area (Å²) in [5, 5.41) is 2.82. The van der Waals surface area contributed by atoms with E-state index < -0.39 is 0 Å². The van der Waals surface area contributed by atoms with E-state index in [-0.39, 0.29) is 23.1 Å². The minimum Gasteiger partial charge on any atom is -0.493 e. The van der Waals surface area contributed by atoms with Gasteiger partial charge in [0.15, 0.2) is 0 Å². The molecule has 21 heavy (non-hydrogen) atoms. The lowest BCUT2D eigenvalue weighted by Gasteiger charge is -2.25. The lowest BCUT2D eigenvalue weighted by Crippen LogP contribution is -2.35. The molecule has 1 aliphatic rings. The third-order valence-corrected chi connectivity index (χ3v) is 3.41. The van der Waals surface area contributed by atoms with Gasteiger partial charge in [-0.2, -0.15) is 0 Å². The van der Waals surface area contributed by atoms with Crippen LogP contribution in [0.25, 0.3) is 0 Å². The van der Waals surface area contributed by atoms with Crippen LogP contribution in [0.3, 0.4) is 0 Å². The van der Waals surface area contributed by atoms with Crippen molar-refractivity contribution in [3.63, 3.8) is 0 Å². The normalized spacial score (nSPS) is 16.7. The fraction of sp³-hybridized carbons (Fsp3) is 0.267. The Morgan fingerprint density at radius 1 is 1.43 bits per heavy atom. The average Bonchev–Trinajstić information content (AvgIpc) is 2.53. The number of ether oxygens (including phenoxy) is 1. The SMILES string of the molecule is O=C(NC[C@@H]1COc2ccccc2C1)c1c[nH]c(=O)cn1. The summed E-state index contributed by atoms with van der Waals surface area (Å²) in [6.45, 7) is 1.09. The van der Waals surface area contributed by atoms with Gasteiger partial charge in [0.05, 0.1) is 12.8 Å². The molecule has 1 aromatic heterocycles. The van der Waals surface area contributed by atoms with Crippen LogP contribution in [0.2, 0.25) is 0 Å². The Bertz CT molecular complexity index is 691. The first-order valence-corrected chi connectivity index (χ1v) is 6.76. The number of carbonyl (C=O) groups is 1. The largest absolute Gasteiger partial charge is 0.493 e. The molecule has 1 amide bonds. The summed E-state index contributed by atoms with van der Waals surface area (Å²) in [6, 6.07) is 7.91. The van der Waals surface area contributed by atoms with Crippen molar-refractivity contribution in [3.8, 4) is 5.75 Å². The number of hydrogen-bond acceptors (Lipinski definition) is 4. The molecule has 1 aromatic carbocycles. The predicted molar refractivity (Wildman–Crippen MR) is 76.3 cm³/mol. The summed E-state index contributed by atoms with van der Waals surface area (Å²) in [5.41, 5.74) is 1.03. The molecule has 0 aliphatic carbocycles. The van der Waals surface area contributed by atoms with Crippen molar-refractivity contribution in [1.29, 1.82) is 0 Å². The van der Waals surface area contributed by atoms with Gasteiger partial charge in [0, 0.05) is 18.7 Å². The van der Waals surface area contributed by atoms with Crippen LogP contribution in [0.5, 0.6) is 5.75 Å². The second kappa shape index (κ2) is 5.78. The summed E-state index contributed by atoms with van der Waals surface area (Å²) in [6.07, 6.45) is 3.27. The first-order valence-electron chi connectivity index (χ1n) is 6.76. The molecule has 0 radical (unpaired) electrons. The Morgan fingerprint density at radius 3 is 3.10 bits per heavy atom. The minimum absolute atomic E-state index is 0.201. The molecule has 2 aromatic rings. The van der Waals surface area contributed by atoms with E-state index in [1.807, 2.05) is 24.3 Å². The maximum Gasteiger partial charge on any atom is 0.271 e. The molecule has 1 aliphatic heterocycles.